The molecule has 2 aromatic carbocycles. The summed E-state index contributed by atoms with van der Waals surface area (Å²) in [4.78, 5) is 0.302. The lowest BCUT2D eigenvalue weighted by molar-refractivity contribution is 0.396. The van der Waals surface area contributed by atoms with E-state index in [0.29, 0.717) is 16.5 Å². The maximum atomic E-state index is 12.9. The first-order valence-electron chi connectivity index (χ1n) is 7.32. The predicted molar refractivity (Wildman–Crippen MR) is 88.5 cm³/mol. The van der Waals surface area contributed by atoms with Crippen LogP contribution in [-0.2, 0) is 10.0 Å². The highest BCUT2D eigenvalue weighted by molar-refractivity contribution is 7.89. The van der Waals surface area contributed by atoms with E-state index in [2.05, 4.69) is 6.07 Å². The van der Waals surface area contributed by atoms with Crippen molar-refractivity contribution >= 4 is 21.6 Å². The molecule has 0 aromatic heterocycles. The van der Waals surface area contributed by atoms with Crippen LogP contribution in [0.3, 0.4) is 0 Å². The zero-order valence-corrected chi connectivity index (χ0v) is 13.9. The number of sulfonamides is 1. The molecule has 0 amide bonds. The van der Waals surface area contributed by atoms with Gasteiger partial charge in [0, 0.05) is 11.6 Å². The van der Waals surface area contributed by atoms with Gasteiger partial charge in [0.05, 0.1) is 10.9 Å². The van der Waals surface area contributed by atoms with Crippen molar-refractivity contribution in [3.05, 3.63) is 64.7 Å². The number of aryl methyl sites for hydroxylation is 1. The normalized spacial score (nSPS) is 19.5. The van der Waals surface area contributed by atoms with Gasteiger partial charge in [-0.1, -0.05) is 41.4 Å². The molecule has 22 heavy (non-hydrogen) atoms. The van der Waals surface area contributed by atoms with E-state index < -0.39 is 10.0 Å². The van der Waals surface area contributed by atoms with Crippen LogP contribution in [0.25, 0.3) is 0 Å². The Labute approximate surface area is 136 Å². The van der Waals surface area contributed by atoms with E-state index in [1.54, 1.807) is 28.6 Å². The lowest BCUT2D eigenvalue weighted by Gasteiger charge is -2.24. The number of benzene rings is 2. The second kappa shape index (κ2) is 6.03. The van der Waals surface area contributed by atoms with Crippen LogP contribution in [0.15, 0.2) is 53.4 Å². The van der Waals surface area contributed by atoms with Gasteiger partial charge in [-0.25, -0.2) is 8.42 Å². The first-order valence-corrected chi connectivity index (χ1v) is 9.14. The second-order valence-electron chi connectivity index (χ2n) is 5.64. The summed E-state index contributed by atoms with van der Waals surface area (Å²) in [5.74, 6) is 0. The Morgan fingerprint density at radius 2 is 1.86 bits per heavy atom. The van der Waals surface area contributed by atoms with Crippen molar-refractivity contribution in [1.29, 1.82) is 0 Å². The Bertz CT molecular complexity index is 772. The molecule has 1 aliphatic rings. The highest BCUT2D eigenvalue weighted by Crippen LogP contribution is 2.36. The molecule has 1 saturated heterocycles. The topological polar surface area (TPSA) is 37.4 Å². The molecule has 1 heterocycles. The summed E-state index contributed by atoms with van der Waals surface area (Å²) in [7, 11) is -3.49. The van der Waals surface area contributed by atoms with Crippen LogP contribution < -0.4 is 0 Å². The number of hydrogen-bond acceptors (Lipinski definition) is 2. The molecule has 3 nitrogen and oxygen atoms in total. The van der Waals surface area contributed by atoms with E-state index >= 15 is 0 Å². The highest BCUT2D eigenvalue weighted by atomic mass is 35.5. The molecule has 0 N–H and O–H groups in total. The van der Waals surface area contributed by atoms with Crippen molar-refractivity contribution in [2.45, 2.75) is 30.7 Å². The summed E-state index contributed by atoms with van der Waals surface area (Å²) in [6, 6.07) is 14.4. The van der Waals surface area contributed by atoms with Crippen LogP contribution in [0.2, 0.25) is 5.02 Å². The van der Waals surface area contributed by atoms with E-state index in [1.807, 2.05) is 25.1 Å². The van der Waals surface area contributed by atoms with Crippen LogP contribution in [0.4, 0.5) is 0 Å². The van der Waals surface area contributed by atoms with Crippen LogP contribution in [0, 0.1) is 6.92 Å². The van der Waals surface area contributed by atoms with Gasteiger partial charge in [0.25, 0.3) is 0 Å². The highest BCUT2D eigenvalue weighted by Gasteiger charge is 2.36. The summed E-state index contributed by atoms with van der Waals surface area (Å²) < 4.78 is 27.4. The fraction of sp³-hybridized carbons (Fsp3) is 0.294. The Balaban J connectivity index is 1.97. The first kappa shape index (κ1) is 15.5. The summed E-state index contributed by atoms with van der Waals surface area (Å²) in [5, 5.41) is 0.538. The van der Waals surface area contributed by atoms with Gasteiger partial charge in [0.2, 0.25) is 10.0 Å². The van der Waals surface area contributed by atoms with Gasteiger partial charge >= 0.3 is 0 Å². The monoisotopic (exact) mass is 335 g/mol. The molecule has 0 bridgehead atoms. The van der Waals surface area contributed by atoms with Gasteiger partial charge < -0.3 is 0 Å². The molecule has 0 radical (unpaired) electrons. The maximum Gasteiger partial charge on any atom is 0.243 e. The molecule has 0 unspecified atom stereocenters. The molecule has 2 aromatic rings. The van der Waals surface area contributed by atoms with E-state index in [1.165, 1.54) is 0 Å². The minimum absolute atomic E-state index is 0.0828. The number of hydrogen-bond donors (Lipinski definition) is 0. The zero-order valence-electron chi connectivity index (χ0n) is 12.4. The number of halogens is 1. The largest absolute Gasteiger partial charge is 0.243 e. The third-order valence-corrected chi connectivity index (χ3v) is 6.23. The van der Waals surface area contributed by atoms with Crippen LogP contribution in [0.5, 0.6) is 0 Å². The van der Waals surface area contributed by atoms with Crippen LogP contribution >= 0.6 is 11.6 Å². The number of rotatable bonds is 3. The van der Waals surface area contributed by atoms with E-state index in [0.717, 1.165) is 24.0 Å². The standard InChI is InChI=1S/C17H18ClNO2S/c1-13-4-2-5-14(12-13)17-6-3-11-19(17)22(20,21)16-9-7-15(18)8-10-16/h2,4-5,7-10,12,17H,3,6,11H2,1H3/t17-/m0/s1. The van der Waals surface area contributed by atoms with Crippen molar-refractivity contribution in [2.75, 3.05) is 6.54 Å². The average molecular weight is 336 g/mol. The van der Waals surface area contributed by atoms with Gasteiger partial charge in [-0.15, -0.1) is 0 Å². The third kappa shape index (κ3) is 2.91. The minimum atomic E-state index is -3.49. The second-order valence-corrected chi connectivity index (χ2v) is 7.97. The van der Waals surface area contributed by atoms with Gasteiger partial charge in [-0.3, -0.25) is 0 Å². The summed E-state index contributed by atoms with van der Waals surface area (Å²) in [6.07, 6.45) is 1.74. The maximum absolute atomic E-state index is 12.9. The third-order valence-electron chi connectivity index (χ3n) is 4.05. The lowest BCUT2D eigenvalue weighted by Crippen LogP contribution is -2.30. The zero-order chi connectivity index (χ0) is 15.7. The summed E-state index contributed by atoms with van der Waals surface area (Å²) in [5.41, 5.74) is 2.21. The molecular weight excluding hydrogens is 318 g/mol. The van der Waals surface area contributed by atoms with Crippen molar-refractivity contribution in [3.63, 3.8) is 0 Å². The summed E-state index contributed by atoms with van der Waals surface area (Å²) >= 11 is 5.85. The molecule has 0 spiro atoms. The molecule has 0 saturated carbocycles. The van der Waals surface area contributed by atoms with Gasteiger partial charge in [0.1, 0.15) is 0 Å². The minimum Gasteiger partial charge on any atom is -0.207 e. The van der Waals surface area contributed by atoms with Gasteiger partial charge in [0.15, 0.2) is 0 Å². The van der Waals surface area contributed by atoms with E-state index in [4.69, 9.17) is 11.6 Å². The molecule has 116 valence electrons. The Morgan fingerprint density at radius 3 is 2.55 bits per heavy atom. The smallest absolute Gasteiger partial charge is 0.207 e. The van der Waals surface area contributed by atoms with Crippen LogP contribution in [-0.4, -0.2) is 19.3 Å². The molecule has 1 aliphatic heterocycles. The lowest BCUT2D eigenvalue weighted by atomic mass is 10.0. The Hall–Kier alpha value is -1.36. The molecule has 0 aliphatic carbocycles. The SMILES string of the molecule is Cc1cccc([C@@H]2CCCN2S(=O)(=O)c2ccc(Cl)cc2)c1. The predicted octanol–water partition coefficient (Wildman–Crippen LogP) is 4.17. The van der Waals surface area contributed by atoms with Crippen molar-refractivity contribution in [2.24, 2.45) is 0 Å². The summed E-state index contributed by atoms with van der Waals surface area (Å²) in [6.45, 7) is 2.58. The van der Waals surface area contributed by atoms with Gasteiger partial charge in [-0.05, 0) is 49.6 Å². The molecule has 1 fully saturated rings. The van der Waals surface area contributed by atoms with E-state index in [9.17, 15) is 8.42 Å². The fourth-order valence-electron chi connectivity index (χ4n) is 2.98. The quantitative estimate of drug-likeness (QED) is 0.844. The number of nitrogens with zero attached hydrogens (tertiary/aromatic N) is 1. The Morgan fingerprint density at radius 1 is 1.14 bits per heavy atom. The molecule has 5 heteroatoms. The average Bonchev–Trinajstić information content (AvgIpc) is 2.98. The van der Waals surface area contributed by atoms with Crippen molar-refractivity contribution in [3.8, 4) is 0 Å². The van der Waals surface area contributed by atoms with Gasteiger partial charge in [-0.2, -0.15) is 4.31 Å². The van der Waals surface area contributed by atoms with E-state index in [-0.39, 0.29) is 6.04 Å². The molecular formula is C17H18ClNO2S. The first-order chi connectivity index (χ1) is 10.5. The fourth-order valence-corrected chi connectivity index (χ4v) is 4.79. The van der Waals surface area contributed by atoms with Crippen molar-refractivity contribution in [1.82, 2.24) is 4.31 Å². The van der Waals surface area contributed by atoms with Crippen molar-refractivity contribution < 1.29 is 8.42 Å². The molecule has 3 rings (SSSR count). The molecule has 1 atom stereocenters. The van der Waals surface area contributed by atoms with Crippen LogP contribution in [0.1, 0.15) is 30.0 Å². The Kier molecular flexibility index (Phi) is 4.26.